The second kappa shape index (κ2) is 30.1. The molecule has 0 heterocycles. The number of hydrogen-bond acceptors (Lipinski definition) is 0. The second-order valence-corrected chi connectivity index (χ2v) is 25.4. The molecule has 0 saturated heterocycles. The summed E-state index contributed by atoms with van der Waals surface area (Å²) in [6.45, 7) is 24.0. The maximum absolute atomic E-state index is 2.53. The molecule has 12 atom stereocenters. The summed E-state index contributed by atoms with van der Waals surface area (Å²) in [7, 11) is 0. The Kier molecular flexibility index (Phi) is 25.9. The topological polar surface area (TPSA) is 0 Å². The molecule has 69 heavy (non-hydrogen) atoms. The quantitative estimate of drug-likeness (QED) is 0.168. The monoisotopic (exact) mass is 955 g/mol. The number of hydrogen-bond donors (Lipinski definition) is 0. The summed E-state index contributed by atoms with van der Waals surface area (Å²) in [5, 5.41) is 0. The Morgan fingerprint density at radius 3 is 0.652 bits per heavy atom. The zero-order chi connectivity index (χ0) is 48.7. The Balaban J connectivity index is 0.000000149. The highest BCUT2D eigenvalue weighted by Crippen LogP contribution is 2.68. The van der Waals surface area contributed by atoms with E-state index in [4.69, 9.17) is 0 Å². The van der Waals surface area contributed by atoms with Gasteiger partial charge in [0, 0.05) is 0 Å². The maximum atomic E-state index is 2.53. The van der Waals surface area contributed by atoms with Gasteiger partial charge in [0.25, 0.3) is 0 Å². The average molecular weight is 956 g/mol. The van der Waals surface area contributed by atoms with Crippen molar-refractivity contribution in [2.75, 3.05) is 0 Å². The molecule has 19 aliphatic carbocycles. The van der Waals surface area contributed by atoms with Crippen molar-refractivity contribution in [2.45, 2.75) is 283 Å². The maximum Gasteiger partial charge on any atom is -0.0194 e. The molecule has 0 aromatic carbocycles. The van der Waals surface area contributed by atoms with Gasteiger partial charge in [0.1, 0.15) is 0 Å². The van der Waals surface area contributed by atoms with E-state index >= 15 is 0 Å². The lowest BCUT2D eigenvalue weighted by molar-refractivity contribution is 0.0198. The van der Waals surface area contributed by atoms with Gasteiger partial charge in [-0.3, -0.25) is 0 Å². The first kappa shape index (κ1) is 59.4. The summed E-state index contributed by atoms with van der Waals surface area (Å²) in [6, 6.07) is 0. The first-order valence-electron chi connectivity index (χ1n) is 33.0. The van der Waals surface area contributed by atoms with Gasteiger partial charge >= 0.3 is 0 Å². The smallest absolute Gasteiger partial charge is 0.0194 e. The van der Waals surface area contributed by atoms with Gasteiger partial charge in [0.05, 0.1) is 0 Å². The van der Waals surface area contributed by atoms with Crippen LogP contribution in [0.3, 0.4) is 0 Å². The van der Waals surface area contributed by atoms with Crippen LogP contribution < -0.4 is 0 Å². The fourth-order valence-corrected chi connectivity index (χ4v) is 20.7. The van der Waals surface area contributed by atoms with Crippen LogP contribution in [0.2, 0.25) is 0 Å². The fourth-order valence-electron chi connectivity index (χ4n) is 20.7. The molecule has 402 valence electrons. The zero-order valence-corrected chi connectivity index (χ0v) is 48.2. The molecule has 0 aromatic heterocycles. The Morgan fingerprint density at radius 2 is 0.449 bits per heavy atom. The predicted molar refractivity (Wildman–Crippen MR) is 308 cm³/mol. The van der Waals surface area contributed by atoms with Gasteiger partial charge in [-0.25, -0.2) is 0 Å². The molecule has 19 rings (SSSR count). The highest BCUT2D eigenvalue weighted by atomic mass is 14.6. The third-order valence-corrected chi connectivity index (χ3v) is 22.6. The molecule has 0 heteroatoms. The van der Waals surface area contributed by atoms with Gasteiger partial charge in [-0.2, -0.15) is 0 Å². The van der Waals surface area contributed by atoms with E-state index in [1.165, 1.54) is 96.7 Å². The molecule has 0 radical (unpaired) electrons. The molecule has 0 spiro atoms. The highest BCUT2D eigenvalue weighted by molar-refractivity contribution is 5.19. The zero-order valence-electron chi connectivity index (χ0n) is 48.2. The van der Waals surface area contributed by atoms with Crippen LogP contribution >= 0.6 is 0 Å². The fraction of sp³-hybridized carbons (Fsp3) is 0.942. The minimum Gasteiger partial charge on any atom is -0.0851 e. The first-order valence-corrected chi connectivity index (χ1v) is 33.0. The van der Waals surface area contributed by atoms with Gasteiger partial charge in [-0.05, 0) is 259 Å². The van der Waals surface area contributed by atoms with Crippen molar-refractivity contribution in [3.8, 4) is 0 Å². The van der Waals surface area contributed by atoms with E-state index in [1.807, 2.05) is 83.1 Å². The molecule has 17 fully saturated rings. The van der Waals surface area contributed by atoms with Crippen LogP contribution in [-0.2, 0) is 0 Å². The summed E-state index contributed by atoms with van der Waals surface area (Å²) in [5.74, 6) is 25.3. The van der Waals surface area contributed by atoms with E-state index in [9.17, 15) is 0 Å². The molecule has 0 aromatic rings. The van der Waals surface area contributed by atoms with Crippen LogP contribution in [0.15, 0.2) is 24.3 Å². The van der Waals surface area contributed by atoms with Crippen LogP contribution in [0.4, 0.5) is 0 Å². The van der Waals surface area contributed by atoms with Crippen molar-refractivity contribution < 1.29 is 0 Å². The second-order valence-electron chi connectivity index (χ2n) is 25.4. The molecule has 0 N–H and O–H groups in total. The van der Waals surface area contributed by atoms with Gasteiger partial charge < -0.3 is 0 Å². The summed E-state index contributed by atoms with van der Waals surface area (Å²) in [4.78, 5) is 0. The normalized spacial score (nSPS) is 46.3. The lowest BCUT2D eigenvalue weighted by Gasteiger charge is -2.49. The van der Waals surface area contributed by atoms with Gasteiger partial charge in [-0.1, -0.05) is 179 Å². The number of allylic oxidation sites excluding steroid dienone is 4. The van der Waals surface area contributed by atoms with Crippen LogP contribution in [-0.4, -0.2) is 0 Å². The molecule has 12 unspecified atom stereocenters. The minimum atomic E-state index is 0. The Labute approximate surface area is 435 Å². The van der Waals surface area contributed by atoms with E-state index in [0.717, 1.165) is 59.2 Å². The molecule has 0 amide bonds. The standard InChI is InChI=1S/C12H18.C12H16.C10H16.C8H14.C7H12.C7H10.6C2H6.CH4/c2*1-2-8-5-7(1)11-9-3-4-10(6-9)12(8)11;1-7-2-9-4-8(1)5-10(3-7)6-9;1-2-8-5-3-7(1)4-6-8;2*1-2-7-4-3-6(1)5-7;6*1-2;/h7-12H,1-6H2;1-2,7-12H,3-6H2;7-10H,1-6H2;7-8H,1-6H2;6-7H,1-5H2;1-2,6-7H,3-5H2;6*1-2H3;1H4. The predicted octanol–water partition coefficient (Wildman–Crippen LogP) is 22.3. The van der Waals surface area contributed by atoms with E-state index in [0.29, 0.717) is 0 Å². The van der Waals surface area contributed by atoms with Crippen molar-refractivity contribution in [3.05, 3.63) is 24.3 Å². The lowest BCUT2D eigenvalue weighted by Crippen LogP contribution is -2.38. The molecule has 19 aliphatic rings. The summed E-state index contributed by atoms with van der Waals surface area (Å²) in [5.41, 5.74) is 0. The minimum absolute atomic E-state index is 0. The third kappa shape index (κ3) is 14.3. The summed E-state index contributed by atoms with van der Waals surface area (Å²) >= 11 is 0. The number of fused-ring (bicyclic) bond motifs is 25. The molecular weight excluding hydrogens is 829 g/mol. The van der Waals surface area contributed by atoms with Crippen LogP contribution in [0.1, 0.15) is 283 Å². The van der Waals surface area contributed by atoms with E-state index in [2.05, 4.69) is 24.3 Å². The van der Waals surface area contributed by atoms with Gasteiger partial charge in [-0.15, -0.1) is 0 Å². The molecule has 0 aliphatic heterocycles. The largest absolute Gasteiger partial charge is 0.0851 e. The van der Waals surface area contributed by atoms with Crippen molar-refractivity contribution in [3.63, 3.8) is 0 Å². The van der Waals surface area contributed by atoms with Crippen LogP contribution in [0.5, 0.6) is 0 Å². The summed E-state index contributed by atoms with van der Waals surface area (Å²) in [6.07, 6.45) is 57.0. The van der Waals surface area contributed by atoms with E-state index in [1.54, 1.807) is 167 Å². The van der Waals surface area contributed by atoms with Crippen LogP contribution in [0, 0.1) is 130 Å². The average Bonchev–Trinajstić information content (AvgIpc) is 4.28. The van der Waals surface area contributed by atoms with E-state index < -0.39 is 0 Å². The molecule has 17 saturated carbocycles. The van der Waals surface area contributed by atoms with Gasteiger partial charge in [0.2, 0.25) is 0 Å². The molecular formula is C69H126. The number of rotatable bonds is 0. The Morgan fingerprint density at radius 1 is 0.203 bits per heavy atom. The molecule has 18 bridgehead atoms. The highest BCUT2D eigenvalue weighted by Gasteiger charge is 2.60. The third-order valence-electron chi connectivity index (χ3n) is 22.6. The Bertz CT molecular complexity index is 1230. The Hall–Kier alpha value is -0.520. The first-order chi connectivity index (χ1) is 33.6. The summed E-state index contributed by atoms with van der Waals surface area (Å²) < 4.78 is 0. The van der Waals surface area contributed by atoms with Crippen molar-refractivity contribution >= 4 is 0 Å². The van der Waals surface area contributed by atoms with Crippen LogP contribution in [0.25, 0.3) is 0 Å². The van der Waals surface area contributed by atoms with Crippen molar-refractivity contribution in [1.29, 1.82) is 0 Å². The van der Waals surface area contributed by atoms with Crippen molar-refractivity contribution in [1.82, 2.24) is 0 Å². The van der Waals surface area contributed by atoms with Crippen molar-refractivity contribution in [2.24, 2.45) is 130 Å². The van der Waals surface area contributed by atoms with E-state index in [-0.39, 0.29) is 7.43 Å². The lowest BCUT2D eigenvalue weighted by atomic mass is 9.56. The SMILES string of the molecule is C.C1=CC2CC1C1C3CCC(C3)C21.C1=CC2CCC1C2.C1C2CC3CC1CC(C2)C3.C1CC2CC1C1C3CCC(C3)C21.C1CC2CCC1C2.C1CC2CCC1CC2.CC.CC.CC.CC.CC.CC. The molecule has 0 nitrogen and oxygen atoms in total. The van der Waals surface area contributed by atoms with Gasteiger partial charge in [0.15, 0.2) is 0 Å².